The van der Waals surface area contributed by atoms with Crippen molar-refractivity contribution in [3.8, 4) is 5.69 Å². The zero-order valence-electron chi connectivity index (χ0n) is 11.4. The summed E-state index contributed by atoms with van der Waals surface area (Å²) in [4.78, 5) is 16.0. The molecule has 3 rings (SSSR count). The minimum Gasteiger partial charge on any atom is -0.452 e. The lowest BCUT2D eigenvalue weighted by Gasteiger charge is -2.06. The summed E-state index contributed by atoms with van der Waals surface area (Å²) in [5.41, 5.74) is 1.36. The van der Waals surface area contributed by atoms with Crippen molar-refractivity contribution in [3.05, 3.63) is 66.1 Å². The Morgan fingerprint density at radius 2 is 2.10 bits per heavy atom. The average molecular weight is 283 g/mol. The molecule has 1 aromatic carbocycles. The maximum absolute atomic E-state index is 12.0. The summed E-state index contributed by atoms with van der Waals surface area (Å²) >= 11 is 0. The van der Waals surface area contributed by atoms with E-state index in [2.05, 4.69) is 10.1 Å². The molecule has 0 bridgehead atoms. The summed E-state index contributed by atoms with van der Waals surface area (Å²) in [5.74, 6) is 0.359. The molecule has 0 saturated heterocycles. The van der Waals surface area contributed by atoms with E-state index in [4.69, 9.17) is 9.26 Å². The van der Waals surface area contributed by atoms with E-state index in [1.807, 2.05) is 41.2 Å². The van der Waals surface area contributed by atoms with E-state index >= 15 is 0 Å². The van der Waals surface area contributed by atoms with Crippen LogP contribution in [0.3, 0.4) is 0 Å². The van der Waals surface area contributed by atoms with Gasteiger partial charge in [-0.15, -0.1) is 0 Å². The van der Waals surface area contributed by atoms with Gasteiger partial charge in [0.1, 0.15) is 0 Å². The fraction of sp³-hybridized carbons (Fsp3) is 0.133. The molecule has 3 aromatic rings. The standard InChI is InChI=1S/C15H13N3O3/c1-11-16-14(21-17-11)10-20-15(19)12-5-4-6-13(9-12)18-7-2-3-8-18/h2-9H,10H2,1H3. The van der Waals surface area contributed by atoms with Crippen LogP contribution in [-0.2, 0) is 11.3 Å². The minimum absolute atomic E-state index is 0.0343. The Kier molecular flexibility index (Phi) is 3.51. The van der Waals surface area contributed by atoms with Crippen LogP contribution in [0, 0.1) is 6.92 Å². The molecule has 0 fully saturated rings. The molecule has 0 N–H and O–H groups in total. The van der Waals surface area contributed by atoms with Gasteiger partial charge in [0.05, 0.1) is 5.56 Å². The lowest BCUT2D eigenvalue weighted by molar-refractivity contribution is 0.0430. The second kappa shape index (κ2) is 5.62. The number of carbonyl (C=O) groups excluding carboxylic acids is 1. The van der Waals surface area contributed by atoms with Crippen molar-refractivity contribution in [3.63, 3.8) is 0 Å². The van der Waals surface area contributed by atoms with Gasteiger partial charge >= 0.3 is 5.97 Å². The van der Waals surface area contributed by atoms with Crippen LogP contribution in [0.1, 0.15) is 22.1 Å². The molecule has 0 amide bonds. The Labute approximate surface area is 121 Å². The molecule has 106 valence electrons. The van der Waals surface area contributed by atoms with Crippen molar-refractivity contribution in [2.75, 3.05) is 0 Å². The molecule has 6 heteroatoms. The van der Waals surface area contributed by atoms with Crippen LogP contribution in [0.5, 0.6) is 0 Å². The summed E-state index contributed by atoms with van der Waals surface area (Å²) in [6.45, 7) is 1.67. The fourth-order valence-electron chi connectivity index (χ4n) is 1.91. The van der Waals surface area contributed by atoms with E-state index < -0.39 is 5.97 Å². The van der Waals surface area contributed by atoms with Gasteiger partial charge in [0.25, 0.3) is 5.89 Å². The fourth-order valence-corrected chi connectivity index (χ4v) is 1.91. The van der Waals surface area contributed by atoms with Crippen molar-refractivity contribution in [2.24, 2.45) is 0 Å². The van der Waals surface area contributed by atoms with Crippen LogP contribution < -0.4 is 0 Å². The summed E-state index contributed by atoms with van der Waals surface area (Å²) in [6.07, 6.45) is 3.82. The predicted octanol–water partition coefficient (Wildman–Crippen LogP) is 2.53. The number of esters is 1. The number of carbonyl (C=O) groups is 1. The summed E-state index contributed by atoms with van der Waals surface area (Å²) in [7, 11) is 0. The Hall–Kier alpha value is -2.89. The van der Waals surface area contributed by atoms with Gasteiger partial charge in [0.15, 0.2) is 12.4 Å². The molecule has 0 atom stereocenters. The Balaban J connectivity index is 1.71. The number of aryl methyl sites for hydroxylation is 1. The second-order valence-corrected chi connectivity index (χ2v) is 4.45. The lowest BCUT2D eigenvalue weighted by Crippen LogP contribution is -2.06. The van der Waals surface area contributed by atoms with E-state index in [-0.39, 0.29) is 12.5 Å². The molecule has 0 aliphatic carbocycles. The van der Waals surface area contributed by atoms with E-state index in [1.165, 1.54) is 0 Å². The van der Waals surface area contributed by atoms with Gasteiger partial charge in [-0.25, -0.2) is 4.79 Å². The molecule has 0 saturated carbocycles. The summed E-state index contributed by atoms with van der Waals surface area (Å²) in [6, 6.07) is 11.0. The van der Waals surface area contributed by atoms with Crippen LogP contribution >= 0.6 is 0 Å². The first-order valence-electron chi connectivity index (χ1n) is 6.42. The predicted molar refractivity (Wildman–Crippen MR) is 73.9 cm³/mol. The topological polar surface area (TPSA) is 70.2 Å². The summed E-state index contributed by atoms with van der Waals surface area (Å²) < 4.78 is 12.0. The van der Waals surface area contributed by atoms with E-state index in [0.717, 1.165) is 5.69 Å². The van der Waals surface area contributed by atoms with Gasteiger partial charge in [-0.1, -0.05) is 11.2 Å². The lowest BCUT2D eigenvalue weighted by atomic mass is 10.2. The number of nitrogens with zero attached hydrogens (tertiary/aromatic N) is 3. The largest absolute Gasteiger partial charge is 0.452 e. The molecule has 0 radical (unpaired) electrons. The third kappa shape index (κ3) is 3.00. The third-order valence-electron chi connectivity index (χ3n) is 2.88. The minimum atomic E-state index is -0.431. The van der Waals surface area contributed by atoms with E-state index in [1.54, 1.807) is 19.1 Å². The van der Waals surface area contributed by atoms with Gasteiger partial charge in [0, 0.05) is 18.1 Å². The number of rotatable bonds is 4. The van der Waals surface area contributed by atoms with Crippen LogP contribution in [-0.4, -0.2) is 20.7 Å². The van der Waals surface area contributed by atoms with Gasteiger partial charge in [0.2, 0.25) is 0 Å². The number of ether oxygens (including phenoxy) is 1. The molecule has 2 heterocycles. The highest BCUT2D eigenvalue weighted by Gasteiger charge is 2.11. The van der Waals surface area contributed by atoms with Crippen LogP contribution in [0.2, 0.25) is 0 Å². The first kappa shape index (κ1) is 13.1. The van der Waals surface area contributed by atoms with E-state index in [0.29, 0.717) is 11.4 Å². The molecular formula is C15H13N3O3. The van der Waals surface area contributed by atoms with Crippen molar-refractivity contribution in [1.29, 1.82) is 0 Å². The maximum atomic E-state index is 12.0. The smallest absolute Gasteiger partial charge is 0.338 e. The maximum Gasteiger partial charge on any atom is 0.338 e. The highest BCUT2D eigenvalue weighted by atomic mass is 16.6. The highest BCUT2D eigenvalue weighted by molar-refractivity contribution is 5.90. The van der Waals surface area contributed by atoms with Gasteiger partial charge in [-0.2, -0.15) is 4.98 Å². The summed E-state index contributed by atoms with van der Waals surface area (Å²) in [5, 5.41) is 3.63. The molecular weight excluding hydrogens is 270 g/mol. The van der Waals surface area contributed by atoms with Crippen LogP contribution in [0.25, 0.3) is 5.69 Å². The van der Waals surface area contributed by atoms with Crippen molar-refractivity contribution >= 4 is 5.97 Å². The Bertz CT molecular complexity index is 747. The molecule has 0 aliphatic heterocycles. The molecule has 0 aliphatic rings. The van der Waals surface area contributed by atoms with Crippen LogP contribution in [0.15, 0.2) is 53.3 Å². The normalized spacial score (nSPS) is 10.5. The van der Waals surface area contributed by atoms with Gasteiger partial charge in [-0.05, 0) is 37.3 Å². The molecule has 0 spiro atoms. The highest BCUT2D eigenvalue weighted by Crippen LogP contribution is 2.12. The Morgan fingerprint density at radius 1 is 1.29 bits per heavy atom. The molecule has 2 aromatic heterocycles. The molecule has 0 unspecified atom stereocenters. The average Bonchev–Trinajstić information content (AvgIpc) is 3.16. The first-order chi connectivity index (χ1) is 10.2. The zero-order chi connectivity index (χ0) is 14.7. The monoisotopic (exact) mass is 283 g/mol. The van der Waals surface area contributed by atoms with Crippen molar-refractivity contribution in [2.45, 2.75) is 13.5 Å². The quantitative estimate of drug-likeness (QED) is 0.688. The van der Waals surface area contributed by atoms with Crippen LogP contribution in [0.4, 0.5) is 0 Å². The van der Waals surface area contributed by atoms with Crippen molar-refractivity contribution in [1.82, 2.24) is 14.7 Å². The third-order valence-corrected chi connectivity index (χ3v) is 2.88. The zero-order valence-corrected chi connectivity index (χ0v) is 11.4. The van der Waals surface area contributed by atoms with Gasteiger partial charge < -0.3 is 13.8 Å². The number of hydrogen-bond donors (Lipinski definition) is 0. The number of benzene rings is 1. The number of aromatic nitrogens is 3. The Morgan fingerprint density at radius 3 is 2.81 bits per heavy atom. The molecule has 21 heavy (non-hydrogen) atoms. The van der Waals surface area contributed by atoms with Gasteiger partial charge in [-0.3, -0.25) is 0 Å². The SMILES string of the molecule is Cc1noc(COC(=O)c2cccc(-n3cccc3)c2)n1. The van der Waals surface area contributed by atoms with E-state index in [9.17, 15) is 4.79 Å². The van der Waals surface area contributed by atoms with Crippen molar-refractivity contribution < 1.29 is 14.1 Å². The first-order valence-corrected chi connectivity index (χ1v) is 6.42. The number of hydrogen-bond acceptors (Lipinski definition) is 5. The molecule has 6 nitrogen and oxygen atoms in total. The second-order valence-electron chi connectivity index (χ2n) is 4.45.